The summed E-state index contributed by atoms with van der Waals surface area (Å²) in [5.74, 6) is -0.935. The Labute approximate surface area is 140 Å². The van der Waals surface area contributed by atoms with Crippen molar-refractivity contribution in [1.29, 1.82) is 0 Å². The number of hydrogen-bond acceptors (Lipinski definition) is 3. The fraction of sp³-hybridized carbons (Fsp3) is 0.125. The van der Waals surface area contributed by atoms with Gasteiger partial charge in [-0.1, -0.05) is 12.1 Å². The van der Waals surface area contributed by atoms with Crippen molar-refractivity contribution in [2.24, 2.45) is 0 Å². The summed E-state index contributed by atoms with van der Waals surface area (Å²) >= 11 is -0.338. The van der Waals surface area contributed by atoms with E-state index < -0.39 is 11.4 Å². The molecule has 0 aliphatic carbocycles. The van der Waals surface area contributed by atoms with Crippen molar-refractivity contribution in [2.75, 3.05) is 12.4 Å². The molecule has 0 saturated heterocycles. The van der Waals surface area contributed by atoms with Crippen LogP contribution < -0.4 is 10.6 Å². The lowest BCUT2D eigenvalue weighted by Gasteiger charge is -2.11. The summed E-state index contributed by atoms with van der Waals surface area (Å²) in [5.41, 5.74) is -3.77. The normalized spacial score (nSPS) is 11.0. The number of carbonyl (C=O) groups is 2. The molecule has 0 aliphatic rings. The van der Waals surface area contributed by atoms with Crippen LogP contribution in [0.1, 0.15) is 20.7 Å². The highest BCUT2D eigenvalue weighted by Crippen LogP contribution is 2.38. The monoisotopic (exact) mass is 354 g/mol. The van der Waals surface area contributed by atoms with E-state index in [4.69, 9.17) is 0 Å². The lowest BCUT2D eigenvalue weighted by molar-refractivity contribution is -0.0328. The number of amides is 2. The van der Waals surface area contributed by atoms with Crippen molar-refractivity contribution in [3.63, 3.8) is 0 Å². The lowest BCUT2D eigenvalue weighted by atomic mass is 10.1. The molecule has 8 heteroatoms. The van der Waals surface area contributed by atoms with Gasteiger partial charge in [-0.15, -0.1) is 0 Å². The molecule has 0 aromatic heterocycles. The molecule has 0 heterocycles. The van der Waals surface area contributed by atoms with E-state index in [1.165, 1.54) is 55.6 Å². The summed E-state index contributed by atoms with van der Waals surface area (Å²) in [4.78, 5) is 23.5. The fourth-order valence-corrected chi connectivity index (χ4v) is 2.58. The molecular weight excluding hydrogens is 341 g/mol. The first kappa shape index (κ1) is 17.9. The molecule has 24 heavy (non-hydrogen) atoms. The number of thioether (sulfide) groups is 1. The number of alkyl halides is 3. The van der Waals surface area contributed by atoms with Crippen LogP contribution in [0.5, 0.6) is 0 Å². The van der Waals surface area contributed by atoms with Gasteiger partial charge in [0.05, 0.1) is 5.56 Å². The standard InChI is InChI=1S/C16H13F3N2O2S/c1-20-14(22)10-6-8-11(9-7-10)21-15(23)12-4-2-3-5-13(12)24-16(17,18)19/h2-9H,1H3,(H,20,22)(H,21,23). The molecule has 0 fully saturated rings. The average molecular weight is 354 g/mol. The van der Waals surface area contributed by atoms with Gasteiger partial charge in [0.1, 0.15) is 0 Å². The molecule has 2 amide bonds. The minimum Gasteiger partial charge on any atom is -0.355 e. The van der Waals surface area contributed by atoms with Crippen LogP contribution in [0, 0.1) is 0 Å². The number of halogens is 3. The minimum atomic E-state index is -4.48. The summed E-state index contributed by atoms with van der Waals surface area (Å²) in [7, 11) is 1.49. The molecule has 0 bridgehead atoms. The van der Waals surface area contributed by atoms with Crippen LogP contribution in [-0.2, 0) is 0 Å². The van der Waals surface area contributed by atoms with E-state index in [0.717, 1.165) is 0 Å². The van der Waals surface area contributed by atoms with Gasteiger partial charge >= 0.3 is 5.51 Å². The number of nitrogens with one attached hydrogen (secondary N) is 2. The van der Waals surface area contributed by atoms with Crippen molar-refractivity contribution in [1.82, 2.24) is 5.32 Å². The number of hydrogen-bond donors (Lipinski definition) is 2. The van der Waals surface area contributed by atoms with Crippen molar-refractivity contribution in [2.45, 2.75) is 10.4 Å². The van der Waals surface area contributed by atoms with Crippen molar-refractivity contribution < 1.29 is 22.8 Å². The second kappa shape index (κ2) is 7.39. The molecule has 0 unspecified atom stereocenters. The van der Waals surface area contributed by atoms with Crippen LogP contribution in [0.2, 0.25) is 0 Å². The van der Waals surface area contributed by atoms with E-state index in [1.54, 1.807) is 0 Å². The third-order valence-corrected chi connectivity index (χ3v) is 3.80. The molecule has 0 atom stereocenters. The highest BCUT2D eigenvalue weighted by molar-refractivity contribution is 8.00. The second-order valence-corrected chi connectivity index (χ2v) is 5.76. The van der Waals surface area contributed by atoms with Gasteiger partial charge in [-0.3, -0.25) is 9.59 Å². The molecule has 2 aromatic carbocycles. The molecule has 0 saturated carbocycles. The van der Waals surface area contributed by atoms with E-state index in [9.17, 15) is 22.8 Å². The van der Waals surface area contributed by atoms with Gasteiger partial charge in [0.2, 0.25) is 0 Å². The zero-order valence-electron chi connectivity index (χ0n) is 12.5. The molecule has 0 aliphatic heterocycles. The Balaban J connectivity index is 2.17. The Morgan fingerprint density at radius 3 is 2.17 bits per heavy atom. The maximum absolute atomic E-state index is 12.6. The molecule has 2 aromatic rings. The summed E-state index contributed by atoms with van der Waals surface area (Å²) in [6.45, 7) is 0. The third-order valence-electron chi connectivity index (χ3n) is 2.99. The molecule has 0 spiro atoms. The van der Waals surface area contributed by atoms with Crippen molar-refractivity contribution in [3.05, 3.63) is 59.7 Å². The molecule has 2 rings (SSSR count). The van der Waals surface area contributed by atoms with E-state index in [2.05, 4.69) is 10.6 Å². The molecule has 2 N–H and O–H groups in total. The number of anilines is 1. The van der Waals surface area contributed by atoms with E-state index >= 15 is 0 Å². The molecular formula is C16H13F3N2O2S. The highest BCUT2D eigenvalue weighted by atomic mass is 32.2. The largest absolute Gasteiger partial charge is 0.446 e. The second-order valence-electron chi connectivity index (χ2n) is 4.65. The summed E-state index contributed by atoms with van der Waals surface area (Å²) < 4.78 is 37.7. The quantitative estimate of drug-likeness (QED) is 0.819. The SMILES string of the molecule is CNC(=O)c1ccc(NC(=O)c2ccccc2SC(F)(F)F)cc1. The van der Waals surface area contributed by atoms with Crippen molar-refractivity contribution in [3.8, 4) is 0 Å². The smallest absolute Gasteiger partial charge is 0.355 e. The van der Waals surface area contributed by atoms with Gasteiger partial charge in [-0.05, 0) is 48.2 Å². The van der Waals surface area contributed by atoms with Gasteiger partial charge in [0.15, 0.2) is 0 Å². The van der Waals surface area contributed by atoms with Gasteiger partial charge in [0.25, 0.3) is 11.8 Å². The van der Waals surface area contributed by atoms with Crippen LogP contribution in [0.4, 0.5) is 18.9 Å². The Morgan fingerprint density at radius 2 is 1.58 bits per heavy atom. The van der Waals surface area contributed by atoms with E-state index in [-0.39, 0.29) is 28.1 Å². The zero-order chi connectivity index (χ0) is 17.7. The Bertz CT molecular complexity index is 746. The van der Waals surface area contributed by atoms with Crippen LogP contribution in [-0.4, -0.2) is 24.4 Å². The number of benzene rings is 2. The van der Waals surface area contributed by atoms with Gasteiger partial charge in [0, 0.05) is 23.2 Å². The topological polar surface area (TPSA) is 58.2 Å². The Morgan fingerprint density at radius 1 is 0.958 bits per heavy atom. The predicted octanol–water partition coefficient (Wildman–Crippen LogP) is 3.91. The molecule has 0 radical (unpaired) electrons. The first-order valence-corrected chi connectivity index (χ1v) is 7.60. The van der Waals surface area contributed by atoms with Crippen molar-refractivity contribution >= 4 is 29.3 Å². The Kier molecular flexibility index (Phi) is 5.50. The number of rotatable bonds is 4. The summed E-state index contributed by atoms with van der Waals surface area (Å²) in [6.07, 6.45) is 0. The maximum Gasteiger partial charge on any atom is 0.446 e. The zero-order valence-corrected chi connectivity index (χ0v) is 13.3. The minimum absolute atomic E-state index is 0.0739. The first-order valence-electron chi connectivity index (χ1n) is 6.78. The highest BCUT2D eigenvalue weighted by Gasteiger charge is 2.31. The van der Waals surface area contributed by atoms with Gasteiger partial charge in [-0.25, -0.2) is 0 Å². The van der Waals surface area contributed by atoms with E-state index in [1.807, 2.05) is 0 Å². The third kappa shape index (κ3) is 4.76. The van der Waals surface area contributed by atoms with Gasteiger partial charge in [-0.2, -0.15) is 13.2 Å². The van der Waals surface area contributed by atoms with Gasteiger partial charge < -0.3 is 10.6 Å². The first-order chi connectivity index (χ1) is 11.3. The number of carbonyl (C=O) groups excluding carboxylic acids is 2. The Hall–Kier alpha value is -2.48. The van der Waals surface area contributed by atoms with Crippen LogP contribution in [0.15, 0.2) is 53.4 Å². The van der Waals surface area contributed by atoms with Crippen LogP contribution >= 0.6 is 11.8 Å². The fourth-order valence-electron chi connectivity index (χ4n) is 1.92. The average Bonchev–Trinajstić information content (AvgIpc) is 2.53. The predicted molar refractivity (Wildman–Crippen MR) is 86.1 cm³/mol. The lowest BCUT2D eigenvalue weighted by Crippen LogP contribution is -2.18. The van der Waals surface area contributed by atoms with Crippen LogP contribution in [0.25, 0.3) is 0 Å². The van der Waals surface area contributed by atoms with E-state index in [0.29, 0.717) is 11.3 Å². The maximum atomic E-state index is 12.6. The molecule has 126 valence electrons. The van der Waals surface area contributed by atoms with Crippen LogP contribution in [0.3, 0.4) is 0 Å². The summed E-state index contributed by atoms with van der Waals surface area (Å²) in [5, 5.41) is 4.98. The summed E-state index contributed by atoms with van der Waals surface area (Å²) in [6, 6.07) is 11.5. The molecule has 4 nitrogen and oxygen atoms in total.